The second kappa shape index (κ2) is 9.54. The highest BCUT2D eigenvalue weighted by Crippen LogP contribution is 2.13. The normalized spacial score (nSPS) is 11.8. The standard InChI is InChI=1S/C19H21N5O2S/c1-12(23-24-18(20)27-3)14-4-8-16(9-5-14)21-19(26)22-17-10-6-15(7-11-17)13(2)25/h4-11H,1-3H3,(H2,20,24)(H2,21,22,26). The van der Waals surface area contributed by atoms with Gasteiger partial charge in [-0.3, -0.25) is 4.79 Å². The summed E-state index contributed by atoms with van der Waals surface area (Å²) in [5, 5.41) is 13.8. The van der Waals surface area contributed by atoms with E-state index >= 15 is 0 Å². The Morgan fingerprint density at radius 3 is 1.78 bits per heavy atom. The van der Waals surface area contributed by atoms with E-state index in [1.54, 1.807) is 36.4 Å². The summed E-state index contributed by atoms with van der Waals surface area (Å²) in [6.07, 6.45) is 1.83. The number of amidine groups is 1. The van der Waals surface area contributed by atoms with Gasteiger partial charge in [0, 0.05) is 16.9 Å². The second-order valence-electron chi connectivity index (χ2n) is 5.62. The Balaban J connectivity index is 1.97. The summed E-state index contributed by atoms with van der Waals surface area (Å²) in [7, 11) is 0. The predicted molar refractivity (Wildman–Crippen MR) is 113 cm³/mol. The van der Waals surface area contributed by atoms with E-state index in [1.807, 2.05) is 25.3 Å². The van der Waals surface area contributed by atoms with E-state index in [0.717, 1.165) is 5.56 Å². The number of rotatable bonds is 5. The van der Waals surface area contributed by atoms with Crippen molar-refractivity contribution < 1.29 is 9.59 Å². The number of hydrogen-bond acceptors (Lipinski definition) is 5. The first-order chi connectivity index (χ1) is 12.9. The number of nitrogens with two attached hydrogens (primary N) is 1. The highest BCUT2D eigenvalue weighted by Gasteiger charge is 2.05. The van der Waals surface area contributed by atoms with E-state index in [-0.39, 0.29) is 11.8 Å². The van der Waals surface area contributed by atoms with Crippen molar-refractivity contribution in [1.29, 1.82) is 0 Å². The lowest BCUT2D eigenvalue weighted by Crippen LogP contribution is -2.19. The molecule has 8 heteroatoms. The van der Waals surface area contributed by atoms with Crippen LogP contribution in [0.5, 0.6) is 0 Å². The van der Waals surface area contributed by atoms with Crippen molar-refractivity contribution in [2.24, 2.45) is 15.9 Å². The first-order valence-electron chi connectivity index (χ1n) is 8.10. The molecule has 0 saturated carbocycles. The molecule has 140 valence electrons. The molecular weight excluding hydrogens is 362 g/mol. The number of nitrogens with zero attached hydrogens (tertiary/aromatic N) is 2. The molecule has 0 fully saturated rings. The van der Waals surface area contributed by atoms with Crippen LogP contribution in [0.25, 0.3) is 0 Å². The summed E-state index contributed by atoms with van der Waals surface area (Å²) < 4.78 is 0. The summed E-state index contributed by atoms with van der Waals surface area (Å²) >= 11 is 1.32. The van der Waals surface area contributed by atoms with Gasteiger partial charge in [0.2, 0.25) is 0 Å². The molecule has 4 N–H and O–H groups in total. The number of carbonyl (C=O) groups excluding carboxylic acids is 2. The number of Topliss-reactive ketones (excluding diaryl/α,β-unsaturated/α-hetero) is 1. The minimum atomic E-state index is -0.374. The first-order valence-corrected chi connectivity index (χ1v) is 9.32. The Morgan fingerprint density at radius 2 is 1.33 bits per heavy atom. The lowest BCUT2D eigenvalue weighted by atomic mass is 10.1. The van der Waals surface area contributed by atoms with E-state index in [9.17, 15) is 9.59 Å². The SMILES string of the molecule is CSC(N)=NN=C(C)c1ccc(NC(=O)Nc2ccc(C(C)=O)cc2)cc1. The van der Waals surface area contributed by atoms with Crippen LogP contribution >= 0.6 is 11.8 Å². The maximum Gasteiger partial charge on any atom is 0.323 e. The Bertz CT molecular complexity index is 874. The molecule has 0 aliphatic heterocycles. The third-order valence-electron chi connectivity index (χ3n) is 3.62. The fourth-order valence-electron chi connectivity index (χ4n) is 2.10. The molecular formula is C19H21N5O2S. The molecule has 0 spiro atoms. The maximum absolute atomic E-state index is 12.1. The van der Waals surface area contributed by atoms with Crippen molar-refractivity contribution in [2.45, 2.75) is 13.8 Å². The molecule has 2 rings (SSSR count). The quantitative estimate of drug-likeness (QED) is 0.314. The van der Waals surface area contributed by atoms with Gasteiger partial charge in [-0.15, -0.1) is 5.10 Å². The van der Waals surface area contributed by atoms with Gasteiger partial charge in [0.1, 0.15) is 0 Å². The van der Waals surface area contributed by atoms with Gasteiger partial charge in [0.05, 0.1) is 5.71 Å². The third kappa shape index (κ3) is 6.27. The highest BCUT2D eigenvalue weighted by atomic mass is 32.2. The maximum atomic E-state index is 12.1. The predicted octanol–water partition coefficient (Wildman–Crippen LogP) is 3.93. The molecule has 0 aromatic heterocycles. The number of hydrogen-bond donors (Lipinski definition) is 3. The zero-order valence-corrected chi connectivity index (χ0v) is 16.1. The summed E-state index contributed by atoms with van der Waals surface area (Å²) in [5.74, 6) is -0.0215. The van der Waals surface area contributed by atoms with Crippen LogP contribution in [0, 0.1) is 0 Å². The largest absolute Gasteiger partial charge is 0.377 e. The molecule has 0 unspecified atom stereocenters. The monoisotopic (exact) mass is 383 g/mol. The number of ketones is 1. The van der Waals surface area contributed by atoms with Gasteiger partial charge in [-0.25, -0.2) is 4.79 Å². The number of benzene rings is 2. The van der Waals surface area contributed by atoms with Crippen LogP contribution in [0.1, 0.15) is 29.8 Å². The zero-order chi connectivity index (χ0) is 19.8. The van der Waals surface area contributed by atoms with Gasteiger partial charge in [-0.1, -0.05) is 23.9 Å². The molecule has 0 aliphatic rings. The number of urea groups is 1. The topological polar surface area (TPSA) is 109 Å². The van der Waals surface area contributed by atoms with Gasteiger partial charge < -0.3 is 16.4 Å². The number of carbonyl (C=O) groups is 2. The molecule has 2 aromatic rings. The van der Waals surface area contributed by atoms with Gasteiger partial charge in [-0.2, -0.15) is 5.10 Å². The fraction of sp³-hybridized carbons (Fsp3) is 0.158. The summed E-state index contributed by atoms with van der Waals surface area (Å²) in [5.41, 5.74) is 9.02. The van der Waals surface area contributed by atoms with E-state index in [2.05, 4.69) is 20.8 Å². The Morgan fingerprint density at radius 1 is 0.852 bits per heavy atom. The van der Waals surface area contributed by atoms with Crippen molar-refractivity contribution in [3.05, 3.63) is 59.7 Å². The second-order valence-corrected chi connectivity index (χ2v) is 6.44. The number of thioether (sulfide) groups is 1. The van der Waals surface area contributed by atoms with Crippen LogP contribution < -0.4 is 16.4 Å². The van der Waals surface area contributed by atoms with E-state index in [1.165, 1.54) is 18.7 Å². The Hall–Kier alpha value is -3.13. The molecule has 7 nitrogen and oxygen atoms in total. The van der Waals surface area contributed by atoms with Crippen molar-refractivity contribution in [3.63, 3.8) is 0 Å². The van der Waals surface area contributed by atoms with Crippen molar-refractivity contribution in [2.75, 3.05) is 16.9 Å². The van der Waals surface area contributed by atoms with Crippen LogP contribution in [0.2, 0.25) is 0 Å². The van der Waals surface area contributed by atoms with Crippen molar-refractivity contribution in [1.82, 2.24) is 0 Å². The molecule has 0 saturated heterocycles. The van der Waals surface area contributed by atoms with E-state index < -0.39 is 0 Å². The molecule has 0 heterocycles. The van der Waals surface area contributed by atoms with Gasteiger partial charge in [-0.05, 0) is 62.1 Å². The number of anilines is 2. The Labute approximate surface area is 162 Å². The number of nitrogens with one attached hydrogen (secondary N) is 2. The molecule has 0 bridgehead atoms. The van der Waals surface area contributed by atoms with Crippen LogP contribution in [0.4, 0.5) is 16.2 Å². The van der Waals surface area contributed by atoms with Gasteiger partial charge in [0.25, 0.3) is 0 Å². The minimum absolute atomic E-state index is 0.0215. The summed E-state index contributed by atoms with van der Waals surface area (Å²) in [4.78, 5) is 23.3. The molecule has 0 aliphatic carbocycles. The van der Waals surface area contributed by atoms with Gasteiger partial charge >= 0.3 is 6.03 Å². The molecule has 27 heavy (non-hydrogen) atoms. The van der Waals surface area contributed by atoms with Crippen LogP contribution in [-0.4, -0.2) is 28.9 Å². The fourth-order valence-corrected chi connectivity index (χ4v) is 2.22. The average molecular weight is 383 g/mol. The number of amides is 2. The summed E-state index contributed by atoms with van der Waals surface area (Å²) in [6.45, 7) is 3.33. The molecule has 2 aromatic carbocycles. The highest BCUT2D eigenvalue weighted by molar-refractivity contribution is 8.13. The zero-order valence-electron chi connectivity index (χ0n) is 15.3. The third-order valence-corrected chi connectivity index (χ3v) is 4.12. The van der Waals surface area contributed by atoms with Crippen molar-refractivity contribution >= 4 is 45.8 Å². The van der Waals surface area contributed by atoms with Crippen LogP contribution in [0.15, 0.2) is 58.7 Å². The van der Waals surface area contributed by atoms with Crippen LogP contribution in [0.3, 0.4) is 0 Å². The summed E-state index contributed by atoms with van der Waals surface area (Å²) in [6, 6.07) is 13.5. The Kier molecular flexibility index (Phi) is 7.13. The minimum Gasteiger partial charge on any atom is -0.377 e. The lowest BCUT2D eigenvalue weighted by molar-refractivity contribution is 0.101. The van der Waals surface area contributed by atoms with E-state index in [4.69, 9.17) is 5.73 Å². The van der Waals surface area contributed by atoms with Crippen LogP contribution in [-0.2, 0) is 0 Å². The van der Waals surface area contributed by atoms with Crippen molar-refractivity contribution in [3.8, 4) is 0 Å². The average Bonchev–Trinajstić information content (AvgIpc) is 2.66. The molecule has 0 radical (unpaired) electrons. The first kappa shape index (κ1) is 20.2. The molecule has 0 atom stereocenters. The van der Waals surface area contributed by atoms with Gasteiger partial charge in [0.15, 0.2) is 11.0 Å². The molecule has 2 amide bonds. The smallest absolute Gasteiger partial charge is 0.323 e. The van der Waals surface area contributed by atoms with E-state index in [0.29, 0.717) is 27.8 Å². The lowest BCUT2D eigenvalue weighted by Gasteiger charge is -2.08.